The van der Waals surface area contributed by atoms with Crippen LogP contribution in [0.5, 0.6) is 0 Å². The van der Waals surface area contributed by atoms with E-state index in [1.807, 2.05) is 17.9 Å². The Bertz CT molecular complexity index is 868. The summed E-state index contributed by atoms with van der Waals surface area (Å²) in [4.78, 5) is 16.3. The van der Waals surface area contributed by atoms with Crippen molar-refractivity contribution in [3.8, 4) is 0 Å². The van der Waals surface area contributed by atoms with Crippen LogP contribution in [0.2, 0.25) is 0 Å². The minimum atomic E-state index is -4.39. The molecule has 1 unspecified atom stereocenters. The number of halogens is 3. The van der Waals surface area contributed by atoms with Crippen molar-refractivity contribution in [3.05, 3.63) is 57.6 Å². The molecule has 1 aromatic carbocycles. The van der Waals surface area contributed by atoms with Gasteiger partial charge in [0.2, 0.25) is 0 Å². The largest absolute Gasteiger partial charge is 0.478 e. The summed E-state index contributed by atoms with van der Waals surface area (Å²) in [5.41, 5.74) is 0.923. The molecule has 5 nitrogen and oxygen atoms in total. The minimum Gasteiger partial charge on any atom is -0.478 e. The number of rotatable bonds is 6. The lowest BCUT2D eigenvalue weighted by Crippen LogP contribution is -2.56. The smallest absolute Gasteiger partial charge is 0.416 e. The number of carbonyl (C=O) groups is 1. The number of hydrogen-bond acceptors (Lipinski definition) is 5. The number of hydrogen-bond donors (Lipinski definition) is 1. The monoisotopic (exact) mass is 456 g/mol. The zero-order chi connectivity index (χ0) is 22.8. The summed E-state index contributed by atoms with van der Waals surface area (Å²) in [6.45, 7) is 7.95. The topological polar surface area (TPSA) is 53.0 Å². The molecule has 9 heteroatoms. The fourth-order valence-electron chi connectivity index (χ4n) is 3.95. The van der Waals surface area contributed by atoms with Crippen LogP contribution in [0.1, 0.15) is 31.9 Å². The van der Waals surface area contributed by atoms with E-state index < -0.39 is 17.7 Å². The van der Waals surface area contributed by atoms with Crippen LogP contribution in [0.3, 0.4) is 0 Å². The lowest BCUT2D eigenvalue weighted by atomic mass is 10.0. The molecule has 1 fully saturated rings. The Labute approximate surface area is 184 Å². The van der Waals surface area contributed by atoms with Crippen LogP contribution in [-0.2, 0) is 22.3 Å². The molecule has 2 aliphatic rings. The summed E-state index contributed by atoms with van der Waals surface area (Å²) in [5, 5.41) is 10.5. The SMILES string of the molecule is CCSC1=C(C(=O)O)C(C)=CC(N2CCOC[C@H]2C)N1Cc1ccc(C(F)(F)F)cc1. The Balaban J connectivity index is 2.01. The van der Waals surface area contributed by atoms with Gasteiger partial charge in [-0.15, -0.1) is 11.8 Å². The molecule has 0 radical (unpaired) electrons. The molecule has 1 aromatic rings. The fraction of sp³-hybridized carbons (Fsp3) is 0.500. The number of alkyl halides is 3. The average Bonchev–Trinajstić information content (AvgIpc) is 2.70. The predicted molar refractivity (Wildman–Crippen MR) is 114 cm³/mol. The second-order valence-corrected chi connectivity index (χ2v) is 8.92. The third kappa shape index (κ3) is 5.27. The number of ether oxygens (including phenoxy) is 1. The number of benzene rings is 1. The molecule has 1 saturated heterocycles. The molecule has 1 N–H and O–H groups in total. The molecule has 0 saturated carbocycles. The van der Waals surface area contributed by atoms with E-state index in [0.29, 0.717) is 48.2 Å². The second-order valence-electron chi connectivity index (χ2n) is 7.67. The predicted octanol–water partition coefficient (Wildman–Crippen LogP) is 4.56. The van der Waals surface area contributed by atoms with Crippen LogP contribution in [-0.4, -0.2) is 58.6 Å². The van der Waals surface area contributed by atoms with Crippen molar-refractivity contribution in [1.82, 2.24) is 9.80 Å². The Kier molecular flexibility index (Phi) is 7.39. The second kappa shape index (κ2) is 9.67. The summed E-state index contributed by atoms with van der Waals surface area (Å²) >= 11 is 1.44. The van der Waals surface area contributed by atoms with Crippen LogP contribution in [0, 0.1) is 0 Å². The van der Waals surface area contributed by atoms with E-state index >= 15 is 0 Å². The van der Waals surface area contributed by atoms with Crippen LogP contribution in [0.15, 0.2) is 46.5 Å². The van der Waals surface area contributed by atoms with Crippen molar-refractivity contribution in [2.45, 2.75) is 45.7 Å². The number of nitrogens with zero attached hydrogens (tertiary/aromatic N) is 2. The summed E-state index contributed by atoms with van der Waals surface area (Å²) in [7, 11) is 0. The molecule has 0 aromatic heterocycles. The zero-order valence-corrected chi connectivity index (χ0v) is 18.6. The van der Waals surface area contributed by atoms with Gasteiger partial charge in [0.15, 0.2) is 0 Å². The first kappa shape index (κ1) is 23.7. The van der Waals surface area contributed by atoms with E-state index in [4.69, 9.17) is 4.74 Å². The average molecular weight is 457 g/mol. The van der Waals surface area contributed by atoms with Crippen molar-refractivity contribution >= 4 is 17.7 Å². The Morgan fingerprint density at radius 2 is 1.97 bits per heavy atom. The lowest BCUT2D eigenvalue weighted by Gasteiger charge is -2.47. The number of carboxylic acid groups (broad SMARTS) is 1. The quantitative estimate of drug-likeness (QED) is 0.677. The standard InChI is InChI=1S/C22H27F3N2O3S/c1-4-31-20-19(21(28)29)14(2)11-18(26-9-10-30-13-15(26)3)27(20)12-16-5-7-17(8-6-16)22(23,24)25/h5-8,11,15,18H,4,9-10,12-13H2,1-3H3,(H,28,29)/t15-,18?/m1/s1. The highest BCUT2D eigenvalue weighted by molar-refractivity contribution is 8.03. The van der Waals surface area contributed by atoms with Gasteiger partial charge in [-0.2, -0.15) is 13.2 Å². The van der Waals surface area contributed by atoms with E-state index in [0.717, 1.165) is 12.1 Å². The number of aliphatic carboxylic acids is 1. The van der Waals surface area contributed by atoms with Crippen LogP contribution in [0.4, 0.5) is 13.2 Å². The van der Waals surface area contributed by atoms with Gasteiger partial charge >= 0.3 is 12.1 Å². The van der Waals surface area contributed by atoms with Gasteiger partial charge in [0, 0.05) is 19.1 Å². The van der Waals surface area contributed by atoms with Crippen LogP contribution < -0.4 is 0 Å². The van der Waals surface area contributed by atoms with Gasteiger partial charge in [-0.05, 0) is 48.9 Å². The third-order valence-electron chi connectivity index (χ3n) is 5.48. The highest BCUT2D eigenvalue weighted by atomic mass is 32.2. The number of morpholine rings is 1. The zero-order valence-electron chi connectivity index (χ0n) is 17.8. The van der Waals surface area contributed by atoms with Crippen molar-refractivity contribution in [2.75, 3.05) is 25.5 Å². The lowest BCUT2D eigenvalue weighted by molar-refractivity contribution is -0.137. The highest BCUT2D eigenvalue weighted by Crippen LogP contribution is 2.38. The van der Waals surface area contributed by atoms with Crippen molar-refractivity contribution in [3.63, 3.8) is 0 Å². The maximum absolute atomic E-state index is 13.0. The molecule has 0 amide bonds. The maximum Gasteiger partial charge on any atom is 0.416 e. The van der Waals surface area contributed by atoms with E-state index in [-0.39, 0.29) is 17.8 Å². The molecule has 3 rings (SSSR count). The van der Waals surface area contributed by atoms with E-state index in [1.54, 1.807) is 6.92 Å². The van der Waals surface area contributed by atoms with E-state index in [1.165, 1.54) is 23.9 Å². The minimum absolute atomic E-state index is 0.122. The Morgan fingerprint density at radius 3 is 2.52 bits per heavy atom. The molecular weight excluding hydrogens is 429 g/mol. The van der Waals surface area contributed by atoms with Crippen LogP contribution >= 0.6 is 11.8 Å². The van der Waals surface area contributed by atoms with Crippen LogP contribution in [0.25, 0.3) is 0 Å². The highest BCUT2D eigenvalue weighted by Gasteiger charge is 2.37. The Morgan fingerprint density at radius 1 is 1.29 bits per heavy atom. The molecule has 170 valence electrons. The first-order valence-electron chi connectivity index (χ1n) is 10.2. The van der Waals surface area contributed by atoms with Gasteiger partial charge in [0.05, 0.1) is 29.4 Å². The molecule has 0 spiro atoms. The third-order valence-corrected chi connectivity index (χ3v) is 6.48. The number of carboxylic acids is 1. The summed E-state index contributed by atoms with van der Waals surface area (Å²) in [6.07, 6.45) is -2.66. The van der Waals surface area contributed by atoms with Gasteiger partial charge in [-0.25, -0.2) is 4.79 Å². The first-order chi connectivity index (χ1) is 14.6. The molecule has 31 heavy (non-hydrogen) atoms. The molecule has 2 aliphatic heterocycles. The van der Waals surface area contributed by atoms with Crippen molar-refractivity contribution in [2.24, 2.45) is 0 Å². The van der Waals surface area contributed by atoms with E-state index in [9.17, 15) is 23.1 Å². The molecule has 0 aliphatic carbocycles. The number of thioether (sulfide) groups is 1. The van der Waals surface area contributed by atoms with Gasteiger partial charge in [0.1, 0.15) is 6.17 Å². The van der Waals surface area contributed by atoms with Gasteiger partial charge in [-0.3, -0.25) is 4.90 Å². The van der Waals surface area contributed by atoms with Crippen molar-refractivity contribution < 1.29 is 27.8 Å². The maximum atomic E-state index is 13.0. The first-order valence-corrected chi connectivity index (χ1v) is 11.2. The summed E-state index contributed by atoms with van der Waals surface area (Å²) in [5.74, 6) is -0.329. The molecular formula is C22H27F3N2O3S. The summed E-state index contributed by atoms with van der Waals surface area (Å²) in [6, 6.07) is 5.19. The fourth-order valence-corrected chi connectivity index (χ4v) is 4.95. The van der Waals surface area contributed by atoms with Crippen molar-refractivity contribution in [1.29, 1.82) is 0 Å². The molecule has 0 bridgehead atoms. The molecule has 2 atom stereocenters. The van der Waals surface area contributed by atoms with Gasteiger partial charge in [-0.1, -0.05) is 19.1 Å². The van der Waals surface area contributed by atoms with Gasteiger partial charge in [0.25, 0.3) is 0 Å². The molecule has 2 heterocycles. The summed E-state index contributed by atoms with van der Waals surface area (Å²) < 4.78 is 44.4. The normalized spacial score (nSPS) is 23.2. The Hall–Kier alpha value is -1.97. The van der Waals surface area contributed by atoms with E-state index in [2.05, 4.69) is 11.8 Å². The van der Waals surface area contributed by atoms with Gasteiger partial charge < -0.3 is 14.7 Å².